The molecule has 1 saturated heterocycles. The van der Waals surface area contributed by atoms with E-state index in [-0.39, 0.29) is 4.90 Å². The number of nitrogens with one attached hydrogen (secondary N) is 1. The van der Waals surface area contributed by atoms with E-state index < -0.39 is 10.0 Å². The van der Waals surface area contributed by atoms with E-state index in [2.05, 4.69) is 21.5 Å². The standard InChI is InChI=1S/C22H26N2O3S/c1-27-21-11-13-22(14-12-21)28(25,26)23-17-20-10-6-16-24(18-20)15-5-9-19-7-3-2-4-8-19/h2-4,7-8,11-14,20,23H,6,10,15-18H2,1H3/t20-/m0/s1. The van der Waals surface area contributed by atoms with E-state index in [0.717, 1.165) is 31.5 Å². The summed E-state index contributed by atoms with van der Waals surface area (Å²) in [6.07, 6.45) is 2.08. The first-order valence-corrected chi connectivity index (χ1v) is 10.9. The highest BCUT2D eigenvalue weighted by atomic mass is 32.2. The Bertz CT molecular complexity index is 916. The van der Waals surface area contributed by atoms with Crippen LogP contribution in [0.15, 0.2) is 59.5 Å². The number of sulfonamides is 1. The van der Waals surface area contributed by atoms with Crippen molar-refractivity contribution < 1.29 is 13.2 Å². The third-order valence-corrected chi connectivity index (χ3v) is 6.28. The molecule has 0 aliphatic carbocycles. The number of piperidine rings is 1. The van der Waals surface area contributed by atoms with Crippen LogP contribution in [0.4, 0.5) is 0 Å². The molecule has 3 rings (SSSR count). The zero-order valence-corrected chi connectivity index (χ0v) is 16.9. The average molecular weight is 399 g/mol. The number of hydrogen-bond acceptors (Lipinski definition) is 4. The van der Waals surface area contributed by atoms with E-state index in [1.165, 1.54) is 0 Å². The van der Waals surface area contributed by atoms with Gasteiger partial charge in [-0.3, -0.25) is 4.90 Å². The van der Waals surface area contributed by atoms with Crippen LogP contribution in [0.25, 0.3) is 0 Å². The van der Waals surface area contributed by atoms with Gasteiger partial charge in [0, 0.05) is 18.7 Å². The zero-order chi connectivity index (χ0) is 19.8. The van der Waals surface area contributed by atoms with Crippen molar-refractivity contribution in [2.75, 3.05) is 33.3 Å². The Hall–Kier alpha value is -2.33. The van der Waals surface area contributed by atoms with Gasteiger partial charge in [-0.2, -0.15) is 0 Å². The summed E-state index contributed by atoms with van der Waals surface area (Å²) in [5, 5.41) is 0. The molecule has 0 unspecified atom stereocenters. The van der Waals surface area contributed by atoms with Crippen molar-refractivity contribution >= 4 is 10.0 Å². The predicted molar refractivity (Wildman–Crippen MR) is 111 cm³/mol. The lowest BCUT2D eigenvalue weighted by atomic mass is 9.98. The van der Waals surface area contributed by atoms with Crippen LogP contribution in [0.3, 0.4) is 0 Å². The summed E-state index contributed by atoms with van der Waals surface area (Å²) < 4.78 is 32.8. The van der Waals surface area contributed by atoms with Crippen molar-refractivity contribution in [1.82, 2.24) is 9.62 Å². The lowest BCUT2D eigenvalue weighted by Gasteiger charge is -2.31. The molecular weight excluding hydrogens is 372 g/mol. The first-order chi connectivity index (χ1) is 13.6. The highest BCUT2D eigenvalue weighted by Gasteiger charge is 2.22. The van der Waals surface area contributed by atoms with Crippen LogP contribution in [-0.2, 0) is 10.0 Å². The van der Waals surface area contributed by atoms with Gasteiger partial charge in [-0.25, -0.2) is 13.1 Å². The fraction of sp³-hybridized carbons (Fsp3) is 0.364. The van der Waals surface area contributed by atoms with Crippen LogP contribution < -0.4 is 9.46 Å². The van der Waals surface area contributed by atoms with E-state index in [1.54, 1.807) is 31.4 Å². The first kappa shape index (κ1) is 20.4. The Balaban J connectivity index is 1.51. The van der Waals surface area contributed by atoms with E-state index in [9.17, 15) is 8.42 Å². The first-order valence-electron chi connectivity index (χ1n) is 9.47. The minimum atomic E-state index is -3.51. The summed E-state index contributed by atoms with van der Waals surface area (Å²) in [5.74, 6) is 7.34. The summed E-state index contributed by atoms with van der Waals surface area (Å²) in [5.41, 5.74) is 1.02. The van der Waals surface area contributed by atoms with Crippen LogP contribution >= 0.6 is 0 Å². The molecule has 6 heteroatoms. The summed E-state index contributed by atoms with van der Waals surface area (Å²) in [4.78, 5) is 2.56. The minimum Gasteiger partial charge on any atom is -0.497 e. The normalized spacial score (nSPS) is 17.5. The molecule has 1 fully saturated rings. The molecule has 28 heavy (non-hydrogen) atoms. The topological polar surface area (TPSA) is 58.6 Å². The van der Waals surface area contributed by atoms with Gasteiger partial charge in [-0.15, -0.1) is 0 Å². The summed E-state index contributed by atoms with van der Waals surface area (Å²) >= 11 is 0. The summed E-state index contributed by atoms with van der Waals surface area (Å²) in [6.45, 7) is 3.01. The Morgan fingerprint density at radius 3 is 2.61 bits per heavy atom. The maximum absolute atomic E-state index is 12.5. The second-order valence-electron chi connectivity index (χ2n) is 6.94. The maximum atomic E-state index is 12.5. The molecule has 2 aromatic carbocycles. The van der Waals surface area contributed by atoms with Crippen molar-refractivity contribution in [3.8, 4) is 17.6 Å². The largest absolute Gasteiger partial charge is 0.497 e. The molecule has 0 saturated carbocycles. The maximum Gasteiger partial charge on any atom is 0.240 e. The lowest BCUT2D eigenvalue weighted by Crippen LogP contribution is -2.41. The van der Waals surface area contributed by atoms with Crippen molar-refractivity contribution in [2.45, 2.75) is 17.7 Å². The molecule has 1 heterocycles. The van der Waals surface area contributed by atoms with Crippen LogP contribution in [0.5, 0.6) is 5.75 Å². The molecule has 0 aromatic heterocycles. The monoisotopic (exact) mass is 398 g/mol. The van der Waals surface area contributed by atoms with Crippen LogP contribution in [0.1, 0.15) is 18.4 Å². The smallest absolute Gasteiger partial charge is 0.240 e. The van der Waals surface area contributed by atoms with Gasteiger partial charge in [0.2, 0.25) is 10.0 Å². The lowest BCUT2D eigenvalue weighted by molar-refractivity contribution is 0.195. The summed E-state index contributed by atoms with van der Waals surface area (Å²) in [7, 11) is -1.95. The fourth-order valence-corrected chi connectivity index (χ4v) is 4.42. The molecule has 1 atom stereocenters. The number of ether oxygens (including phenoxy) is 1. The van der Waals surface area contributed by atoms with Crippen molar-refractivity contribution in [3.63, 3.8) is 0 Å². The molecule has 0 bridgehead atoms. The Labute approximate surface area is 167 Å². The highest BCUT2D eigenvalue weighted by Crippen LogP contribution is 2.18. The highest BCUT2D eigenvalue weighted by molar-refractivity contribution is 7.89. The van der Waals surface area contributed by atoms with Gasteiger partial charge >= 0.3 is 0 Å². The van der Waals surface area contributed by atoms with E-state index in [1.807, 2.05) is 30.3 Å². The Kier molecular flexibility index (Phi) is 7.10. The van der Waals surface area contributed by atoms with Crippen LogP contribution in [-0.4, -0.2) is 46.6 Å². The van der Waals surface area contributed by atoms with Gasteiger partial charge in [0.25, 0.3) is 0 Å². The number of benzene rings is 2. The second-order valence-corrected chi connectivity index (χ2v) is 8.71. The van der Waals surface area contributed by atoms with Gasteiger partial charge < -0.3 is 4.74 Å². The molecule has 2 aromatic rings. The van der Waals surface area contributed by atoms with Gasteiger partial charge in [0.15, 0.2) is 0 Å². The number of methoxy groups -OCH3 is 1. The van der Waals surface area contributed by atoms with Gasteiger partial charge in [-0.05, 0) is 61.7 Å². The van der Waals surface area contributed by atoms with Crippen LogP contribution in [0.2, 0.25) is 0 Å². The Morgan fingerprint density at radius 1 is 1.14 bits per heavy atom. The molecule has 0 amide bonds. The van der Waals surface area contributed by atoms with Gasteiger partial charge in [0.05, 0.1) is 18.6 Å². The average Bonchev–Trinajstić information content (AvgIpc) is 2.73. The number of hydrogen-bond donors (Lipinski definition) is 1. The SMILES string of the molecule is COc1ccc(S(=O)(=O)NC[C@@H]2CCCN(CC#Cc3ccccc3)C2)cc1. The third-order valence-electron chi connectivity index (χ3n) is 4.84. The molecular formula is C22H26N2O3S. The minimum absolute atomic E-state index is 0.259. The van der Waals surface area contributed by atoms with Crippen molar-refractivity contribution in [2.24, 2.45) is 5.92 Å². The van der Waals surface area contributed by atoms with E-state index in [4.69, 9.17) is 4.74 Å². The molecule has 1 aliphatic rings. The van der Waals surface area contributed by atoms with Gasteiger partial charge in [-0.1, -0.05) is 30.0 Å². The molecule has 5 nitrogen and oxygen atoms in total. The van der Waals surface area contributed by atoms with Crippen molar-refractivity contribution in [3.05, 3.63) is 60.2 Å². The second kappa shape index (κ2) is 9.74. The van der Waals surface area contributed by atoms with Gasteiger partial charge in [0.1, 0.15) is 5.75 Å². The zero-order valence-electron chi connectivity index (χ0n) is 16.1. The number of rotatable bonds is 6. The number of nitrogens with zero attached hydrogens (tertiary/aromatic N) is 1. The number of likely N-dealkylation sites (tertiary alicyclic amines) is 1. The third kappa shape index (κ3) is 5.83. The molecule has 148 valence electrons. The summed E-state index contributed by atoms with van der Waals surface area (Å²) in [6, 6.07) is 16.4. The quantitative estimate of drug-likeness (QED) is 0.760. The molecule has 0 radical (unpaired) electrons. The fourth-order valence-electron chi connectivity index (χ4n) is 3.30. The molecule has 1 aliphatic heterocycles. The molecule has 1 N–H and O–H groups in total. The molecule has 0 spiro atoms. The predicted octanol–water partition coefficient (Wildman–Crippen LogP) is 2.74. The van der Waals surface area contributed by atoms with E-state index >= 15 is 0 Å². The van der Waals surface area contributed by atoms with E-state index in [0.29, 0.717) is 24.8 Å². The van der Waals surface area contributed by atoms with Crippen LogP contribution in [0, 0.1) is 17.8 Å². The van der Waals surface area contributed by atoms with Crippen molar-refractivity contribution in [1.29, 1.82) is 0 Å². The Morgan fingerprint density at radius 2 is 1.89 bits per heavy atom.